The van der Waals surface area contributed by atoms with E-state index in [2.05, 4.69) is 25.5 Å². The van der Waals surface area contributed by atoms with Gasteiger partial charge in [-0.15, -0.1) is 5.10 Å². The zero-order valence-electron chi connectivity index (χ0n) is 9.81. The third-order valence-corrected chi connectivity index (χ3v) is 2.32. The number of nitrogens with zero attached hydrogens (tertiary/aromatic N) is 4. The van der Waals surface area contributed by atoms with Gasteiger partial charge in [-0.25, -0.2) is 9.97 Å². The first-order valence-corrected chi connectivity index (χ1v) is 5.17. The van der Waals surface area contributed by atoms with Crippen molar-refractivity contribution >= 4 is 11.9 Å². The molecule has 92 valence electrons. The van der Waals surface area contributed by atoms with Gasteiger partial charge in [0, 0.05) is 6.20 Å². The summed E-state index contributed by atoms with van der Waals surface area (Å²) in [6.45, 7) is 3.49. The molecule has 2 heterocycles. The largest absolute Gasteiger partial charge is 0.289 e. The highest BCUT2D eigenvalue weighted by molar-refractivity contribution is 6.03. The van der Waals surface area contributed by atoms with Crippen LogP contribution in [0, 0.1) is 19.8 Å². The molecule has 0 saturated heterocycles. The number of halogens is 1. The highest BCUT2D eigenvalue weighted by atomic mass is 19.1. The predicted molar refractivity (Wildman–Crippen MR) is 61.4 cm³/mol. The van der Waals surface area contributed by atoms with E-state index in [4.69, 9.17) is 0 Å². The first-order chi connectivity index (χ1) is 8.58. The number of carbonyl (C=O) groups excluding carboxylic acids is 1. The molecule has 2 aromatic heterocycles. The van der Waals surface area contributed by atoms with Crippen LogP contribution in [0.1, 0.15) is 21.7 Å². The topological polar surface area (TPSA) is 80.7 Å². The summed E-state index contributed by atoms with van der Waals surface area (Å²) in [5.74, 6) is -1.47. The zero-order valence-corrected chi connectivity index (χ0v) is 9.81. The standard InChI is InChI=1S/C11H10FN5O/c1-6-7(2)16-17-11(14-6)15-10(18)8-4-3-5-13-9(8)12/h3-5H,1-2H3,(H,14,15,17,18). The number of pyridine rings is 1. The monoisotopic (exact) mass is 247 g/mol. The smallest absolute Gasteiger partial charge is 0.262 e. The summed E-state index contributed by atoms with van der Waals surface area (Å²) in [4.78, 5) is 19.1. The van der Waals surface area contributed by atoms with E-state index in [1.807, 2.05) is 0 Å². The number of aromatic nitrogens is 4. The SMILES string of the molecule is Cc1nnc(NC(=O)c2cccnc2F)nc1C. The van der Waals surface area contributed by atoms with Crippen LogP contribution in [0.2, 0.25) is 0 Å². The molecule has 0 aliphatic rings. The number of carbonyl (C=O) groups is 1. The van der Waals surface area contributed by atoms with Gasteiger partial charge in [-0.2, -0.15) is 9.49 Å². The zero-order chi connectivity index (χ0) is 13.1. The molecular weight excluding hydrogens is 237 g/mol. The molecule has 0 atom stereocenters. The Balaban J connectivity index is 2.22. The summed E-state index contributed by atoms with van der Waals surface area (Å²) in [5.41, 5.74) is 1.15. The molecule has 2 aromatic rings. The molecule has 0 fully saturated rings. The normalized spacial score (nSPS) is 10.2. The van der Waals surface area contributed by atoms with E-state index in [0.29, 0.717) is 11.4 Å². The summed E-state index contributed by atoms with van der Waals surface area (Å²) in [6, 6.07) is 2.80. The molecule has 0 saturated carbocycles. The molecule has 0 radical (unpaired) electrons. The van der Waals surface area contributed by atoms with Gasteiger partial charge in [-0.1, -0.05) is 0 Å². The molecule has 0 bridgehead atoms. The van der Waals surface area contributed by atoms with Gasteiger partial charge in [-0.3, -0.25) is 10.1 Å². The van der Waals surface area contributed by atoms with Crippen molar-refractivity contribution in [3.05, 3.63) is 41.2 Å². The number of amides is 1. The van der Waals surface area contributed by atoms with Crippen molar-refractivity contribution in [3.8, 4) is 0 Å². The van der Waals surface area contributed by atoms with E-state index in [9.17, 15) is 9.18 Å². The average Bonchev–Trinajstić information content (AvgIpc) is 2.34. The average molecular weight is 247 g/mol. The number of aryl methyl sites for hydroxylation is 2. The number of hydrogen-bond acceptors (Lipinski definition) is 5. The van der Waals surface area contributed by atoms with Crippen LogP contribution in [0.25, 0.3) is 0 Å². The molecule has 18 heavy (non-hydrogen) atoms. The van der Waals surface area contributed by atoms with Crippen LogP contribution >= 0.6 is 0 Å². The first kappa shape index (κ1) is 12.0. The van der Waals surface area contributed by atoms with Gasteiger partial charge in [0.2, 0.25) is 11.9 Å². The minimum absolute atomic E-state index is 0.0337. The lowest BCUT2D eigenvalue weighted by Crippen LogP contribution is -2.17. The number of anilines is 1. The van der Waals surface area contributed by atoms with Gasteiger partial charge in [0.1, 0.15) is 0 Å². The molecular formula is C11H10FN5O. The lowest BCUT2D eigenvalue weighted by Gasteiger charge is -2.04. The molecule has 1 N–H and O–H groups in total. The van der Waals surface area contributed by atoms with Crippen molar-refractivity contribution in [1.82, 2.24) is 20.2 Å². The van der Waals surface area contributed by atoms with Crippen molar-refractivity contribution in [3.63, 3.8) is 0 Å². The molecule has 0 aliphatic carbocycles. The quantitative estimate of drug-likeness (QED) is 0.808. The Morgan fingerprint density at radius 1 is 1.28 bits per heavy atom. The van der Waals surface area contributed by atoms with Crippen LogP contribution in [-0.2, 0) is 0 Å². The van der Waals surface area contributed by atoms with E-state index in [-0.39, 0.29) is 11.5 Å². The lowest BCUT2D eigenvalue weighted by molar-refractivity contribution is 0.102. The van der Waals surface area contributed by atoms with E-state index in [0.717, 1.165) is 0 Å². The third-order valence-electron chi connectivity index (χ3n) is 2.32. The van der Waals surface area contributed by atoms with Crippen molar-refractivity contribution < 1.29 is 9.18 Å². The molecule has 0 spiro atoms. The second-order valence-electron chi connectivity index (χ2n) is 3.60. The Labute approximate surface area is 102 Å². The van der Waals surface area contributed by atoms with Crippen LogP contribution in [0.5, 0.6) is 0 Å². The summed E-state index contributed by atoms with van der Waals surface area (Å²) in [5, 5.41) is 9.87. The Morgan fingerprint density at radius 3 is 2.72 bits per heavy atom. The lowest BCUT2D eigenvalue weighted by atomic mass is 10.2. The third kappa shape index (κ3) is 2.45. The molecule has 6 nitrogen and oxygen atoms in total. The maximum atomic E-state index is 13.3. The van der Waals surface area contributed by atoms with E-state index in [1.54, 1.807) is 13.8 Å². The summed E-state index contributed by atoms with van der Waals surface area (Å²) < 4.78 is 13.3. The van der Waals surface area contributed by atoms with Crippen LogP contribution in [0.15, 0.2) is 18.3 Å². The Hall–Kier alpha value is -2.44. The van der Waals surface area contributed by atoms with Crippen molar-refractivity contribution in [1.29, 1.82) is 0 Å². The highest BCUT2D eigenvalue weighted by Crippen LogP contribution is 2.07. The van der Waals surface area contributed by atoms with Crippen LogP contribution < -0.4 is 5.32 Å². The molecule has 0 unspecified atom stereocenters. The van der Waals surface area contributed by atoms with Gasteiger partial charge >= 0.3 is 0 Å². The van der Waals surface area contributed by atoms with Gasteiger partial charge in [-0.05, 0) is 26.0 Å². The Morgan fingerprint density at radius 2 is 2.06 bits per heavy atom. The maximum Gasteiger partial charge on any atom is 0.262 e. The summed E-state index contributed by atoms with van der Waals surface area (Å²) in [7, 11) is 0. The fraction of sp³-hybridized carbons (Fsp3) is 0.182. The van der Waals surface area contributed by atoms with Gasteiger partial charge in [0.15, 0.2) is 0 Å². The number of hydrogen-bond donors (Lipinski definition) is 1. The molecule has 2 rings (SSSR count). The van der Waals surface area contributed by atoms with Gasteiger partial charge in [0.25, 0.3) is 5.91 Å². The Kier molecular flexibility index (Phi) is 3.22. The van der Waals surface area contributed by atoms with E-state index in [1.165, 1.54) is 18.3 Å². The number of nitrogens with one attached hydrogen (secondary N) is 1. The minimum atomic E-state index is -0.841. The fourth-order valence-electron chi connectivity index (χ4n) is 1.23. The highest BCUT2D eigenvalue weighted by Gasteiger charge is 2.13. The van der Waals surface area contributed by atoms with Gasteiger partial charge in [0.05, 0.1) is 17.0 Å². The van der Waals surface area contributed by atoms with Crippen LogP contribution in [-0.4, -0.2) is 26.1 Å². The van der Waals surface area contributed by atoms with Crippen molar-refractivity contribution in [2.24, 2.45) is 0 Å². The molecule has 7 heteroatoms. The second-order valence-corrected chi connectivity index (χ2v) is 3.60. The first-order valence-electron chi connectivity index (χ1n) is 5.17. The van der Waals surface area contributed by atoms with E-state index >= 15 is 0 Å². The van der Waals surface area contributed by atoms with Gasteiger partial charge < -0.3 is 0 Å². The molecule has 0 aliphatic heterocycles. The minimum Gasteiger partial charge on any atom is -0.289 e. The van der Waals surface area contributed by atoms with Crippen molar-refractivity contribution in [2.75, 3.05) is 5.32 Å². The summed E-state index contributed by atoms with van der Waals surface area (Å²) in [6.07, 6.45) is 1.26. The Bertz CT molecular complexity index is 602. The van der Waals surface area contributed by atoms with E-state index < -0.39 is 11.9 Å². The fourth-order valence-corrected chi connectivity index (χ4v) is 1.23. The number of rotatable bonds is 2. The van der Waals surface area contributed by atoms with Crippen LogP contribution in [0.3, 0.4) is 0 Å². The summed E-state index contributed by atoms with van der Waals surface area (Å²) >= 11 is 0. The maximum absolute atomic E-state index is 13.3. The second kappa shape index (κ2) is 4.82. The predicted octanol–water partition coefficient (Wildman–Crippen LogP) is 1.27. The van der Waals surface area contributed by atoms with Crippen LogP contribution in [0.4, 0.5) is 10.3 Å². The molecule has 0 aromatic carbocycles. The molecule has 1 amide bonds. The van der Waals surface area contributed by atoms with Crippen molar-refractivity contribution in [2.45, 2.75) is 13.8 Å².